The maximum absolute atomic E-state index is 12.3. The van der Waals surface area contributed by atoms with Crippen LogP contribution in [0.15, 0.2) is 47.2 Å². The summed E-state index contributed by atoms with van der Waals surface area (Å²) in [5.74, 6) is 2.52. The molecule has 0 aliphatic carbocycles. The molecule has 2 N–H and O–H groups in total. The van der Waals surface area contributed by atoms with E-state index in [1.165, 1.54) is 13.4 Å². The van der Waals surface area contributed by atoms with Gasteiger partial charge in [-0.3, -0.25) is 14.0 Å². The number of rotatable bonds is 13. The maximum atomic E-state index is 12.3. The number of nitrogens with zero attached hydrogens (tertiary/aromatic N) is 3. The first-order valence-electron chi connectivity index (χ1n) is 13.0. The first kappa shape index (κ1) is 29.7. The number of hydrogen-bond donors (Lipinski definition) is 2. The van der Waals surface area contributed by atoms with Crippen LogP contribution in [-0.2, 0) is 13.8 Å². The molecule has 0 radical (unpaired) electrons. The Morgan fingerprint density at radius 1 is 1.18 bits per heavy atom. The van der Waals surface area contributed by atoms with Gasteiger partial charge in [0.1, 0.15) is 18.4 Å². The molecule has 1 fully saturated rings. The van der Waals surface area contributed by atoms with Crippen LogP contribution in [-0.4, -0.2) is 66.3 Å². The second kappa shape index (κ2) is 13.9. The van der Waals surface area contributed by atoms with E-state index < -0.39 is 13.9 Å². The van der Waals surface area contributed by atoms with E-state index in [4.69, 9.17) is 18.7 Å². The third kappa shape index (κ3) is 8.61. The van der Waals surface area contributed by atoms with Crippen LogP contribution in [0.5, 0.6) is 11.5 Å². The highest BCUT2D eigenvalue weighted by Gasteiger charge is 2.29. The molecule has 2 atom stereocenters. The number of aromatic nitrogens is 2. The highest BCUT2D eigenvalue weighted by molar-refractivity contribution is 9.10. The lowest BCUT2D eigenvalue weighted by molar-refractivity contribution is -0.0457. The topological polar surface area (TPSA) is 115 Å². The molecule has 10 nitrogen and oxygen atoms in total. The molecule has 1 aromatic heterocycles. The number of anilines is 2. The molecule has 4 rings (SSSR count). The van der Waals surface area contributed by atoms with Crippen LogP contribution in [0.25, 0.3) is 10.9 Å². The number of ether oxygens (including phenoxy) is 3. The zero-order chi connectivity index (χ0) is 27.8. The summed E-state index contributed by atoms with van der Waals surface area (Å²) >= 11 is 3.50. The highest BCUT2D eigenvalue weighted by Crippen LogP contribution is 2.44. The van der Waals surface area contributed by atoms with Gasteiger partial charge in [0.25, 0.3) is 0 Å². The van der Waals surface area contributed by atoms with Crippen LogP contribution in [0.3, 0.4) is 0 Å². The average Bonchev–Trinajstić information content (AvgIpc) is 2.91. The summed E-state index contributed by atoms with van der Waals surface area (Å²) in [5.41, 5.74) is 1.67. The van der Waals surface area contributed by atoms with Crippen molar-refractivity contribution in [2.75, 3.05) is 45.5 Å². The summed E-state index contributed by atoms with van der Waals surface area (Å²) in [4.78, 5) is 20.9. The summed E-state index contributed by atoms with van der Waals surface area (Å²) in [6.07, 6.45) is 4.74. The largest absolute Gasteiger partial charge is 0.493 e. The Hall–Kier alpha value is -2.27. The molecule has 0 saturated carbocycles. The highest BCUT2D eigenvalue weighted by atomic mass is 79.9. The van der Waals surface area contributed by atoms with E-state index in [9.17, 15) is 9.46 Å². The predicted octanol–water partition coefficient (Wildman–Crippen LogP) is 6.17. The number of benzene rings is 2. The molecule has 212 valence electrons. The number of hydrogen-bond acceptors (Lipinski definition) is 9. The zero-order valence-corrected chi connectivity index (χ0v) is 25.0. The molecule has 0 amide bonds. The van der Waals surface area contributed by atoms with Crippen molar-refractivity contribution in [1.29, 1.82) is 0 Å². The zero-order valence-electron chi connectivity index (χ0n) is 22.5. The minimum Gasteiger partial charge on any atom is -0.493 e. The summed E-state index contributed by atoms with van der Waals surface area (Å²) < 4.78 is 35.1. The van der Waals surface area contributed by atoms with Crippen LogP contribution >= 0.6 is 23.5 Å². The summed E-state index contributed by atoms with van der Waals surface area (Å²) in [7, 11) is -0.635. The predicted molar refractivity (Wildman–Crippen MR) is 155 cm³/mol. The Labute approximate surface area is 237 Å². The third-order valence-corrected chi connectivity index (χ3v) is 8.63. The van der Waals surface area contributed by atoms with Crippen molar-refractivity contribution in [1.82, 2.24) is 14.9 Å². The van der Waals surface area contributed by atoms with Gasteiger partial charge in [-0.15, -0.1) is 0 Å². The van der Waals surface area contributed by atoms with Crippen LogP contribution < -0.4 is 14.8 Å². The van der Waals surface area contributed by atoms with Crippen molar-refractivity contribution >= 4 is 45.9 Å². The molecule has 1 aliphatic rings. The van der Waals surface area contributed by atoms with Crippen LogP contribution in [0.1, 0.15) is 32.6 Å². The quantitative estimate of drug-likeness (QED) is 0.130. The number of methoxy groups -OCH3 is 2. The van der Waals surface area contributed by atoms with Gasteiger partial charge in [0.05, 0.1) is 19.2 Å². The molecule has 2 unspecified atom stereocenters. The van der Waals surface area contributed by atoms with E-state index in [2.05, 4.69) is 31.2 Å². The van der Waals surface area contributed by atoms with Crippen LogP contribution in [0.2, 0.25) is 0 Å². The van der Waals surface area contributed by atoms with Gasteiger partial charge < -0.3 is 24.4 Å². The first-order chi connectivity index (χ1) is 18.8. The Morgan fingerprint density at radius 2 is 1.97 bits per heavy atom. The van der Waals surface area contributed by atoms with Gasteiger partial charge in [0, 0.05) is 28.7 Å². The van der Waals surface area contributed by atoms with E-state index in [1.807, 2.05) is 41.3 Å². The fourth-order valence-corrected chi connectivity index (χ4v) is 6.47. The van der Waals surface area contributed by atoms with Gasteiger partial charge in [0.15, 0.2) is 17.8 Å². The fraction of sp³-hybridized carbons (Fsp3) is 0.481. The standard InChI is InChI=1S/C27H36BrN4O6P/c1-19(35-2)38-39(33,34)18-32-11-9-20(10-12-32)6-5-13-37-26-16-24-23(15-25(26)36-3)27(30-17-29-24)31-22-8-4-7-21(28)14-22/h4,7-8,14-17,19-20H,5-6,9-13,18H2,1-3H3,(H,33,34)(H,29,30,31). The van der Waals surface area contributed by atoms with Crippen LogP contribution in [0.4, 0.5) is 11.5 Å². The van der Waals surface area contributed by atoms with Gasteiger partial charge in [-0.25, -0.2) is 9.97 Å². The molecule has 0 bridgehead atoms. The monoisotopic (exact) mass is 622 g/mol. The van der Waals surface area contributed by atoms with E-state index in [0.717, 1.165) is 59.8 Å². The molecule has 1 aliphatic heterocycles. The minimum atomic E-state index is -3.71. The molecule has 0 spiro atoms. The third-order valence-electron chi connectivity index (χ3n) is 6.75. The Bertz CT molecular complexity index is 1290. The minimum absolute atomic E-state index is 0.0297. The molecule has 3 aromatic rings. The second-order valence-corrected chi connectivity index (χ2v) is 12.3. The van der Waals surface area contributed by atoms with E-state index in [-0.39, 0.29) is 6.29 Å². The van der Waals surface area contributed by atoms with E-state index in [0.29, 0.717) is 29.8 Å². The lowest BCUT2D eigenvalue weighted by Crippen LogP contribution is -2.35. The van der Waals surface area contributed by atoms with Crippen molar-refractivity contribution < 1.29 is 28.2 Å². The van der Waals surface area contributed by atoms with Gasteiger partial charge in [-0.1, -0.05) is 22.0 Å². The molecular formula is C27H36BrN4O6P. The number of halogens is 1. The molecule has 2 heterocycles. The first-order valence-corrected chi connectivity index (χ1v) is 15.6. The van der Waals surface area contributed by atoms with Gasteiger partial charge in [-0.2, -0.15) is 0 Å². The Morgan fingerprint density at radius 3 is 2.69 bits per heavy atom. The summed E-state index contributed by atoms with van der Waals surface area (Å²) in [5, 5.41) is 4.19. The number of fused-ring (bicyclic) bond motifs is 1. The van der Waals surface area contributed by atoms with Crippen molar-refractivity contribution in [2.45, 2.75) is 38.9 Å². The SMILES string of the molecule is COc1cc2c(Nc3cccc(Br)c3)ncnc2cc1OCCCC1CCN(CP(=O)(O)OC(C)OC)CC1. The second-order valence-electron chi connectivity index (χ2n) is 9.62. The van der Waals surface area contributed by atoms with Crippen LogP contribution in [0, 0.1) is 5.92 Å². The van der Waals surface area contributed by atoms with Crippen molar-refractivity contribution in [3.05, 3.63) is 47.2 Å². The van der Waals surface area contributed by atoms with Gasteiger partial charge >= 0.3 is 7.60 Å². The van der Waals surface area contributed by atoms with Gasteiger partial charge in [0.2, 0.25) is 0 Å². The Balaban J connectivity index is 1.28. The number of likely N-dealkylation sites (tertiary alicyclic amines) is 1. The maximum Gasteiger partial charge on any atom is 0.344 e. The normalized spacial score (nSPS) is 17.1. The molecule has 2 aromatic carbocycles. The smallest absolute Gasteiger partial charge is 0.344 e. The van der Waals surface area contributed by atoms with E-state index >= 15 is 0 Å². The molecular weight excluding hydrogens is 587 g/mol. The van der Waals surface area contributed by atoms with Crippen molar-refractivity contribution in [3.8, 4) is 11.5 Å². The van der Waals surface area contributed by atoms with Crippen molar-refractivity contribution in [2.24, 2.45) is 5.92 Å². The Kier molecular flexibility index (Phi) is 10.6. The lowest BCUT2D eigenvalue weighted by Gasteiger charge is -2.33. The molecule has 12 heteroatoms. The van der Waals surface area contributed by atoms with Crippen molar-refractivity contribution in [3.63, 3.8) is 0 Å². The number of piperidine rings is 1. The summed E-state index contributed by atoms with van der Waals surface area (Å²) in [6.45, 7) is 3.72. The molecule has 39 heavy (non-hydrogen) atoms. The summed E-state index contributed by atoms with van der Waals surface area (Å²) in [6, 6.07) is 11.7. The lowest BCUT2D eigenvalue weighted by atomic mass is 9.93. The average molecular weight is 623 g/mol. The fourth-order valence-electron chi connectivity index (χ4n) is 4.67. The van der Waals surface area contributed by atoms with E-state index in [1.54, 1.807) is 14.0 Å². The number of nitrogens with one attached hydrogen (secondary N) is 1. The molecule has 1 saturated heterocycles. The van der Waals surface area contributed by atoms with Gasteiger partial charge in [-0.05, 0) is 75.9 Å².